The number of pyridine rings is 1. The van der Waals surface area contributed by atoms with Crippen molar-refractivity contribution in [1.29, 1.82) is 0 Å². The number of hydrogen-bond donors (Lipinski definition) is 0. The molecule has 0 atom stereocenters. The normalized spacial score (nSPS) is 15.2. The second-order valence-electron chi connectivity index (χ2n) is 6.85. The fourth-order valence-electron chi connectivity index (χ4n) is 3.13. The number of aromatic nitrogens is 3. The zero-order valence-corrected chi connectivity index (χ0v) is 15.3. The monoisotopic (exact) mass is 345 g/mol. The van der Waals surface area contributed by atoms with Crippen LogP contribution in [0.15, 0.2) is 55.0 Å². The molecule has 2 aromatic heterocycles. The minimum Gasteiger partial charge on any atom is -0.354 e. The molecule has 0 spiro atoms. The summed E-state index contributed by atoms with van der Waals surface area (Å²) in [6.45, 7) is 6.28. The van der Waals surface area contributed by atoms with Gasteiger partial charge in [0.2, 0.25) is 0 Å². The maximum absolute atomic E-state index is 4.77. The topological polar surface area (TPSA) is 45.2 Å². The van der Waals surface area contributed by atoms with Gasteiger partial charge in [-0.05, 0) is 26.1 Å². The SMILES string of the molecule is Cc1ccc(-c2cncc(-c3ccc(N4CCN(C)CC4)nc3)n2)cc1. The van der Waals surface area contributed by atoms with Crippen molar-refractivity contribution in [2.24, 2.45) is 0 Å². The number of nitrogens with zero attached hydrogens (tertiary/aromatic N) is 5. The molecule has 5 nitrogen and oxygen atoms in total. The molecule has 0 saturated carbocycles. The Labute approximate surface area is 154 Å². The Hall–Kier alpha value is -2.79. The molecule has 132 valence electrons. The molecule has 0 N–H and O–H groups in total. The summed E-state index contributed by atoms with van der Waals surface area (Å²) in [6, 6.07) is 12.5. The van der Waals surface area contributed by atoms with Gasteiger partial charge in [-0.3, -0.25) is 4.98 Å². The van der Waals surface area contributed by atoms with E-state index in [4.69, 9.17) is 4.98 Å². The summed E-state index contributed by atoms with van der Waals surface area (Å²) < 4.78 is 0. The van der Waals surface area contributed by atoms with Crippen LogP contribution in [-0.2, 0) is 0 Å². The maximum Gasteiger partial charge on any atom is 0.128 e. The van der Waals surface area contributed by atoms with Gasteiger partial charge in [0.25, 0.3) is 0 Å². The zero-order chi connectivity index (χ0) is 17.9. The highest BCUT2D eigenvalue weighted by atomic mass is 15.3. The Morgan fingerprint density at radius 2 is 1.42 bits per heavy atom. The number of piperazine rings is 1. The van der Waals surface area contributed by atoms with Gasteiger partial charge in [-0.15, -0.1) is 0 Å². The van der Waals surface area contributed by atoms with Crippen LogP contribution in [0.4, 0.5) is 5.82 Å². The van der Waals surface area contributed by atoms with E-state index >= 15 is 0 Å². The van der Waals surface area contributed by atoms with Gasteiger partial charge >= 0.3 is 0 Å². The fourth-order valence-corrected chi connectivity index (χ4v) is 3.13. The summed E-state index contributed by atoms with van der Waals surface area (Å²) in [4.78, 5) is 18.5. The Balaban J connectivity index is 1.56. The van der Waals surface area contributed by atoms with Gasteiger partial charge in [0.15, 0.2) is 0 Å². The van der Waals surface area contributed by atoms with Crippen LogP contribution in [0.25, 0.3) is 22.5 Å². The van der Waals surface area contributed by atoms with Crippen molar-refractivity contribution in [3.8, 4) is 22.5 Å². The molecule has 0 unspecified atom stereocenters. The summed E-state index contributed by atoms with van der Waals surface area (Å²) in [5, 5.41) is 0. The van der Waals surface area contributed by atoms with Crippen LogP contribution in [0, 0.1) is 6.92 Å². The first-order valence-corrected chi connectivity index (χ1v) is 8.98. The molecule has 1 aliphatic rings. The fraction of sp³-hybridized carbons (Fsp3) is 0.286. The Morgan fingerprint density at radius 1 is 0.769 bits per heavy atom. The first kappa shape index (κ1) is 16.7. The smallest absolute Gasteiger partial charge is 0.128 e. The van der Waals surface area contributed by atoms with E-state index in [1.807, 2.05) is 6.20 Å². The highest BCUT2D eigenvalue weighted by molar-refractivity contribution is 5.65. The second kappa shape index (κ2) is 7.22. The summed E-state index contributed by atoms with van der Waals surface area (Å²) in [5.74, 6) is 1.03. The molecule has 1 aliphatic heterocycles. The van der Waals surface area contributed by atoms with E-state index in [0.717, 1.165) is 54.5 Å². The van der Waals surface area contributed by atoms with Gasteiger partial charge in [0.1, 0.15) is 5.82 Å². The first-order chi connectivity index (χ1) is 12.7. The minimum absolute atomic E-state index is 0.848. The predicted octanol–water partition coefficient (Wildman–Crippen LogP) is 3.27. The van der Waals surface area contributed by atoms with Crippen LogP contribution in [0.3, 0.4) is 0 Å². The molecule has 1 fully saturated rings. The molecule has 3 heterocycles. The molecular weight excluding hydrogens is 322 g/mol. The second-order valence-corrected chi connectivity index (χ2v) is 6.85. The van der Waals surface area contributed by atoms with E-state index in [1.165, 1.54) is 5.56 Å². The molecule has 1 aromatic carbocycles. The lowest BCUT2D eigenvalue weighted by atomic mass is 10.1. The average Bonchev–Trinajstić information content (AvgIpc) is 2.69. The van der Waals surface area contributed by atoms with Crippen molar-refractivity contribution in [3.05, 3.63) is 60.6 Å². The Morgan fingerprint density at radius 3 is 2.08 bits per heavy atom. The third-order valence-electron chi connectivity index (χ3n) is 4.85. The van der Waals surface area contributed by atoms with Crippen molar-refractivity contribution in [3.63, 3.8) is 0 Å². The van der Waals surface area contributed by atoms with Crippen molar-refractivity contribution in [2.45, 2.75) is 6.92 Å². The van der Waals surface area contributed by atoms with Crippen molar-refractivity contribution in [2.75, 3.05) is 38.1 Å². The third kappa shape index (κ3) is 3.58. The average molecular weight is 345 g/mol. The number of rotatable bonds is 3. The van der Waals surface area contributed by atoms with Crippen LogP contribution >= 0.6 is 0 Å². The maximum atomic E-state index is 4.77. The van der Waals surface area contributed by atoms with Crippen LogP contribution in [0.5, 0.6) is 0 Å². The molecule has 5 heteroatoms. The minimum atomic E-state index is 0.848. The molecule has 26 heavy (non-hydrogen) atoms. The molecule has 0 radical (unpaired) electrons. The van der Waals surface area contributed by atoms with Crippen LogP contribution in [0.2, 0.25) is 0 Å². The standard InChI is InChI=1S/C21H23N5/c1-16-3-5-17(6-4-16)19-14-22-15-20(24-19)18-7-8-21(23-13-18)26-11-9-25(2)10-12-26/h3-8,13-15H,9-12H2,1-2H3. The molecule has 0 bridgehead atoms. The lowest BCUT2D eigenvalue weighted by molar-refractivity contribution is 0.312. The first-order valence-electron chi connectivity index (χ1n) is 8.98. The predicted molar refractivity (Wildman–Crippen MR) is 105 cm³/mol. The van der Waals surface area contributed by atoms with Gasteiger partial charge in [0, 0.05) is 43.5 Å². The molecule has 3 aromatic rings. The lowest BCUT2D eigenvalue weighted by Crippen LogP contribution is -2.44. The molecule has 0 aliphatic carbocycles. The number of benzene rings is 1. The van der Waals surface area contributed by atoms with E-state index in [0.29, 0.717) is 0 Å². The number of likely N-dealkylation sites (N-methyl/N-ethyl adjacent to an activating group) is 1. The van der Waals surface area contributed by atoms with Crippen molar-refractivity contribution in [1.82, 2.24) is 19.9 Å². The Kier molecular flexibility index (Phi) is 4.63. The van der Waals surface area contributed by atoms with E-state index in [2.05, 4.69) is 70.1 Å². The quantitative estimate of drug-likeness (QED) is 0.729. The van der Waals surface area contributed by atoms with Gasteiger partial charge < -0.3 is 9.80 Å². The number of hydrogen-bond acceptors (Lipinski definition) is 5. The third-order valence-corrected chi connectivity index (χ3v) is 4.85. The highest BCUT2D eigenvalue weighted by Gasteiger charge is 2.15. The van der Waals surface area contributed by atoms with Crippen molar-refractivity contribution < 1.29 is 0 Å². The summed E-state index contributed by atoms with van der Waals surface area (Å²) >= 11 is 0. The number of anilines is 1. The van der Waals surface area contributed by atoms with Crippen LogP contribution in [0.1, 0.15) is 5.56 Å². The van der Waals surface area contributed by atoms with E-state index in [9.17, 15) is 0 Å². The van der Waals surface area contributed by atoms with Gasteiger partial charge in [-0.2, -0.15) is 0 Å². The molecule has 4 rings (SSSR count). The van der Waals surface area contributed by atoms with Gasteiger partial charge in [-0.1, -0.05) is 29.8 Å². The highest BCUT2D eigenvalue weighted by Crippen LogP contribution is 2.23. The zero-order valence-electron chi connectivity index (χ0n) is 15.3. The van der Waals surface area contributed by atoms with E-state index < -0.39 is 0 Å². The summed E-state index contributed by atoms with van der Waals surface area (Å²) in [5.41, 5.74) is 5.03. The summed E-state index contributed by atoms with van der Waals surface area (Å²) in [6.07, 6.45) is 5.50. The van der Waals surface area contributed by atoms with E-state index in [1.54, 1.807) is 12.4 Å². The van der Waals surface area contributed by atoms with Crippen molar-refractivity contribution >= 4 is 5.82 Å². The molecule has 0 amide bonds. The largest absolute Gasteiger partial charge is 0.354 e. The van der Waals surface area contributed by atoms with Crippen LogP contribution in [-0.4, -0.2) is 53.1 Å². The Bertz CT molecular complexity index is 866. The van der Waals surface area contributed by atoms with Crippen LogP contribution < -0.4 is 4.90 Å². The lowest BCUT2D eigenvalue weighted by Gasteiger charge is -2.33. The van der Waals surface area contributed by atoms with E-state index in [-0.39, 0.29) is 0 Å². The van der Waals surface area contributed by atoms with Gasteiger partial charge in [0.05, 0.1) is 23.8 Å². The molecular formula is C21H23N5. The number of aryl methyl sites for hydroxylation is 1. The molecule has 1 saturated heterocycles. The van der Waals surface area contributed by atoms with Gasteiger partial charge in [-0.25, -0.2) is 9.97 Å². The summed E-state index contributed by atoms with van der Waals surface area (Å²) in [7, 11) is 2.16.